The lowest BCUT2D eigenvalue weighted by molar-refractivity contribution is 0.0929. The number of hydrogen-bond acceptors (Lipinski definition) is 3. The molecule has 0 saturated heterocycles. The van der Waals surface area contributed by atoms with Gasteiger partial charge in [-0.2, -0.15) is 5.10 Å². The van der Waals surface area contributed by atoms with Gasteiger partial charge in [0.15, 0.2) is 5.76 Å². The summed E-state index contributed by atoms with van der Waals surface area (Å²) in [5.41, 5.74) is 6.53. The minimum Gasteiger partial charge on any atom is -0.450 e. The minimum atomic E-state index is -0.391. The van der Waals surface area contributed by atoms with Gasteiger partial charge in [0.1, 0.15) is 5.58 Å². The Morgan fingerprint density at radius 2 is 1.88 bits per heavy atom. The lowest BCUT2D eigenvalue weighted by Crippen LogP contribution is -2.16. The number of para-hydroxylation sites is 1. The number of hydrogen-bond donors (Lipinski definition) is 1. The minimum absolute atomic E-state index is 0.222. The lowest BCUT2D eigenvalue weighted by Gasteiger charge is -2.05. The molecule has 2 aromatic heterocycles. The molecule has 0 saturated carbocycles. The highest BCUT2D eigenvalue weighted by Crippen LogP contribution is 2.28. The highest BCUT2D eigenvalue weighted by Gasteiger charge is 2.14. The smallest absolute Gasteiger partial charge is 0.307 e. The van der Waals surface area contributed by atoms with Crippen LogP contribution in [0.4, 0.5) is 0 Å². The van der Waals surface area contributed by atoms with Gasteiger partial charge in [-0.3, -0.25) is 4.79 Å². The van der Waals surface area contributed by atoms with E-state index < -0.39 is 5.91 Å². The Morgan fingerprint density at radius 3 is 2.72 bits per heavy atom. The van der Waals surface area contributed by atoms with Crippen LogP contribution >= 0.6 is 38.5 Å². The molecule has 7 heteroatoms. The van der Waals surface area contributed by atoms with E-state index in [0.717, 1.165) is 36.4 Å². The summed E-state index contributed by atoms with van der Waals surface area (Å²) < 4.78 is 9.80. The van der Waals surface area contributed by atoms with Crippen LogP contribution in [0.5, 0.6) is 0 Å². The molecule has 2 heterocycles. The molecule has 0 unspecified atom stereocenters. The van der Waals surface area contributed by atoms with Gasteiger partial charge in [-0.25, -0.2) is 5.43 Å². The normalized spacial score (nSPS) is 11.6. The van der Waals surface area contributed by atoms with Crippen LogP contribution < -0.4 is 5.43 Å². The largest absolute Gasteiger partial charge is 0.450 e. The van der Waals surface area contributed by atoms with Crippen molar-refractivity contribution in [2.45, 2.75) is 6.54 Å². The topological polar surface area (TPSA) is 59.5 Å². The number of aromatic nitrogens is 1. The fourth-order valence-corrected chi connectivity index (χ4v) is 5.35. The van der Waals surface area contributed by atoms with Crippen LogP contribution in [0.3, 0.4) is 0 Å². The van der Waals surface area contributed by atoms with Crippen molar-refractivity contribution in [3.8, 4) is 0 Å². The predicted octanol–water partition coefficient (Wildman–Crippen LogP) is 6.57. The van der Waals surface area contributed by atoms with Crippen molar-refractivity contribution in [3.05, 3.63) is 104 Å². The number of rotatable bonds is 5. The first kappa shape index (κ1) is 21.0. The Morgan fingerprint density at radius 1 is 1.09 bits per heavy atom. The van der Waals surface area contributed by atoms with Crippen LogP contribution in [0.15, 0.2) is 93.0 Å². The number of hydrazone groups is 1. The van der Waals surface area contributed by atoms with Crippen molar-refractivity contribution in [2.75, 3.05) is 0 Å². The molecule has 1 amide bonds. The molecule has 5 rings (SSSR count). The van der Waals surface area contributed by atoms with Gasteiger partial charge >= 0.3 is 5.91 Å². The summed E-state index contributed by atoms with van der Waals surface area (Å²) in [6.45, 7) is 0.759. The van der Waals surface area contributed by atoms with E-state index in [2.05, 4.69) is 77.9 Å². The summed E-state index contributed by atoms with van der Waals surface area (Å²) in [5, 5.41) is 6.13. The van der Waals surface area contributed by atoms with E-state index in [4.69, 9.17) is 4.42 Å². The van der Waals surface area contributed by atoms with E-state index in [-0.39, 0.29) is 5.76 Å². The van der Waals surface area contributed by atoms with Gasteiger partial charge in [0.25, 0.3) is 0 Å². The molecule has 0 aliphatic heterocycles. The zero-order chi connectivity index (χ0) is 22.1. The summed E-state index contributed by atoms with van der Waals surface area (Å²) in [7, 11) is 0. The monoisotopic (exact) mass is 597 g/mol. The molecule has 1 N–H and O–H groups in total. The van der Waals surface area contributed by atoms with E-state index >= 15 is 0 Å². The summed E-state index contributed by atoms with van der Waals surface area (Å²) in [4.78, 5) is 12.6. The number of nitrogens with zero attached hydrogens (tertiary/aromatic N) is 2. The van der Waals surface area contributed by atoms with E-state index in [9.17, 15) is 4.79 Å². The van der Waals surface area contributed by atoms with Crippen LogP contribution in [-0.4, -0.2) is 16.7 Å². The summed E-state index contributed by atoms with van der Waals surface area (Å²) >= 11 is 5.65. The standard InChI is InChI=1S/C25H17BrIN3O2/c26-19-10-17-11-23(32-24(17)21(27)12-19)25(31)29-28-13-18-15-30(14-16-6-2-1-3-7-16)22-9-5-4-8-20(18)22/h1-13,15H,14H2,(H,29,31)/b28-13-. The third-order valence-corrected chi connectivity index (χ3v) is 6.40. The second kappa shape index (κ2) is 8.91. The molecular weight excluding hydrogens is 581 g/mol. The fraction of sp³-hybridized carbons (Fsp3) is 0.0400. The molecule has 158 valence electrons. The zero-order valence-electron chi connectivity index (χ0n) is 16.8. The van der Waals surface area contributed by atoms with Crippen molar-refractivity contribution in [3.63, 3.8) is 0 Å². The van der Waals surface area contributed by atoms with E-state index in [0.29, 0.717) is 5.58 Å². The molecule has 32 heavy (non-hydrogen) atoms. The average molecular weight is 598 g/mol. The summed E-state index contributed by atoms with van der Waals surface area (Å²) in [6.07, 6.45) is 3.72. The molecular formula is C25H17BrIN3O2. The van der Waals surface area contributed by atoms with E-state index in [1.807, 2.05) is 48.7 Å². The van der Waals surface area contributed by atoms with Gasteiger partial charge in [0.05, 0.1) is 9.78 Å². The first-order chi connectivity index (χ1) is 15.6. The molecule has 0 fully saturated rings. The fourth-order valence-electron chi connectivity index (χ4n) is 3.69. The summed E-state index contributed by atoms with van der Waals surface area (Å²) in [5.74, 6) is -0.169. The molecule has 0 radical (unpaired) electrons. The van der Waals surface area contributed by atoms with Crippen molar-refractivity contribution in [2.24, 2.45) is 5.10 Å². The number of halogens is 2. The number of amides is 1. The van der Waals surface area contributed by atoms with Gasteiger partial charge in [0, 0.05) is 39.1 Å². The first-order valence-corrected chi connectivity index (χ1v) is 11.8. The summed E-state index contributed by atoms with van der Waals surface area (Å²) in [6, 6.07) is 24.0. The van der Waals surface area contributed by atoms with E-state index in [1.165, 1.54) is 5.56 Å². The maximum atomic E-state index is 12.6. The molecule has 0 atom stereocenters. The van der Waals surface area contributed by atoms with Gasteiger partial charge < -0.3 is 8.98 Å². The number of furan rings is 1. The van der Waals surface area contributed by atoms with E-state index in [1.54, 1.807) is 12.3 Å². The Hall–Kier alpha value is -2.91. The highest BCUT2D eigenvalue weighted by atomic mass is 127. The van der Waals surface area contributed by atoms with Crippen LogP contribution in [-0.2, 0) is 6.54 Å². The quantitative estimate of drug-likeness (QED) is 0.142. The van der Waals surface area contributed by atoms with Gasteiger partial charge in [0.2, 0.25) is 0 Å². The SMILES string of the molecule is O=C(N/N=C\c1cn(Cc2ccccc2)c2ccccc12)c1cc2cc(Br)cc(I)c2o1. The van der Waals surface area contributed by atoms with Crippen LogP contribution in [0.1, 0.15) is 21.7 Å². The Bertz CT molecular complexity index is 1470. The third-order valence-electron chi connectivity index (χ3n) is 5.14. The Balaban J connectivity index is 1.38. The van der Waals surface area contributed by atoms with Crippen LogP contribution in [0.2, 0.25) is 0 Å². The van der Waals surface area contributed by atoms with Crippen molar-refractivity contribution in [1.82, 2.24) is 9.99 Å². The molecule has 0 bridgehead atoms. The van der Waals surface area contributed by atoms with Gasteiger partial charge in [-0.1, -0.05) is 64.5 Å². The molecule has 5 aromatic rings. The maximum Gasteiger partial charge on any atom is 0.307 e. The third kappa shape index (κ3) is 4.22. The van der Waals surface area contributed by atoms with Gasteiger partial charge in [-0.05, 0) is 52.4 Å². The molecule has 5 nitrogen and oxygen atoms in total. The van der Waals surface area contributed by atoms with Crippen molar-refractivity contribution in [1.29, 1.82) is 0 Å². The van der Waals surface area contributed by atoms with Crippen LogP contribution in [0.25, 0.3) is 21.9 Å². The lowest BCUT2D eigenvalue weighted by atomic mass is 10.2. The highest BCUT2D eigenvalue weighted by molar-refractivity contribution is 14.1. The molecule has 0 spiro atoms. The number of carbonyl (C=O) groups excluding carboxylic acids is 1. The predicted molar refractivity (Wildman–Crippen MR) is 139 cm³/mol. The second-order valence-corrected chi connectivity index (χ2v) is 9.41. The van der Waals surface area contributed by atoms with Crippen molar-refractivity contribution >= 4 is 72.5 Å². The Labute approximate surface area is 206 Å². The first-order valence-electron chi connectivity index (χ1n) is 9.92. The van der Waals surface area contributed by atoms with Crippen molar-refractivity contribution < 1.29 is 9.21 Å². The molecule has 0 aliphatic rings. The number of nitrogens with one attached hydrogen (secondary N) is 1. The molecule has 3 aromatic carbocycles. The Kier molecular flexibility index (Phi) is 5.84. The zero-order valence-corrected chi connectivity index (χ0v) is 20.5. The maximum absolute atomic E-state index is 12.6. The van der Waals surface area contributed by atoms with Gasteiger partial charge in [-0.15, -0.1) is 0 Å². The molecule has 0 aliphatic carbocycles. The number of benzene rings is 3. The number of fused-ring (bicyclic) bond motifs is 2. The second-order valence-electron chi connectivity index (χ2n) is 7.33. The number of carbonyl (C=O) groups is 1. The average Bonchev–Trinajstić information content (AvgIpc) is 3.37. The van der Waals surface area contributed by atoms with Crippen LogP contribution in [0, 0.1) is 3.57 Å².